The number of rotatable bonds is 3. The molecule has 0 spiro atoms. The Morgan fingerprint density at radius 2 is 2.11 bits per heavy atom. The van der Waals surface area contributed by atoms with Crippen LogP contribution in [0.3, 0.4) is 0 Å². The second-order valence-corrected chi connectivity index (χ2v) is 4.78. The van der Waals surface area contributed by atoms with Crippen molar-refractivity contribution < 1.29 is 9.13 Å². The van der Waals surface area contributed by atoms with E-state index in [9.17, 15) is 4.39 Å². The van der Waals surface area contributed by atoms with Gasteiger partial charge in [0.1, 0.15) is 0 Å². The highest BCUT2D eigenvalue weighted by atomic mass is 79.9. The molecule has 3 nitrogen and oxygen atoms in total. The molecule has 1 aromatic carbocycles. The lowest BCUT2D eigenvalue weighted by atomic mass is 10.3. The van der Waals surface area contributed by atoms with Crippen molar-refractivity contribution in [3.8, 4) is 11.6 Å². The van der Waals surface area contributed by atoms with E-state index in [2.05, 4.69) is 20.9 Å². The summed E-state index contributed by atoms with van der Waals surface area (Å²) >= 11 is 9.12. The minimum atomic E-state index is -0.468. The Morgan fingerprint density at radius 1 is 1.33 bits per heavy atom. The third-order valence-corrected chi connectivity index (χ3v) is 3.03. The van der Waals surface area contributed by atoms with Crippen LogP contribution in [0, 0.1) is 5.82 Å². The molecule has 2 aromatic rings. The average molecular weight is 332 g/mol. The van der Waals surface area contributed by atoms with E-state index in [1.54, 1.807) is 18.2 Å². The van der Waals surface area contributed by atoms with Crippen LogP contribution in [0.25, 0.3) is 0 Å². The zero-order valence-corrected chi connectivity index (χ0v) is 11.5. The molecule has 0 fully saturated rings. The predicted octanol–water partition coefficient (Wildman–Crippen LogP) is 3.89. The minimum absolute atomic E-state index is 0.0853. The van der Waals surface area contributed by atoms with Crippen molar-refractivity contribution in [3.05, 3.63) is 51.3 Å². The number of nitrogens with two attached hydrogens (primary N) is 1. The van der Waals surface area contributed by atoms with Gasteiger partial charge in [0.2, 0.25) is 5.88 Å². The molecule has 0 saturated heterocycles. The van der Waals surface area contributed by atoms with Crippen LogP contribution in [0.5, 0.6) is 11.6 Å². The Balaban J connectivity index is 2.31. The van der Waals surface area contributed by atoms with E-state index in [1.165, 1.54) is 12.1 Å². The van der Waals surface area contributed by atoms with Crippen LogP contribution in [0.15, 0.2) is 34.8 Å². The van der Waals surface area contributed by atoms with E-state index >= 15 is 0 Å². The monoisotopic (exact) mass is 330 g/mol. The van der Waals surface area contributed by atoms with E-state index in [1.807, 2.05) is 0 Å². The molecule has 0 amide bonds. The van der Waals surface area contributed by atoms with Crippen molar-refractivity contribution in [2.24, 2.45) is 5.73 Å². The van der Waals surface area contributed by atoms with Crippen molar-refractivity contribution in [2.45, 2.75) is 6.54 Å². The summed E-state index contributed by atoms with van der Waals surface area (Å²) in [6.45, 7) is 0.191. The third-order valence-electron chi connectivity index (χ3n) is 2.19. The lowest BCUT2D eigenvalue weighted by molar-refractivity contribution is 0.425. The molecular weight excluding hydrogens is 322 g/mol. The summed E-state index contributed by atoms with van der Waals surface area (Å²) in [4.78, 5) is 4.10. The zero-order chi connectivity index (χ0) is 13.1. The van der Waals surface area contributed by atoms with Gasteiger partial charge in [-0.3, -0.25) is 0 Å². The standard InChI is InChI=1S/C12H9BrClFN2O/c13-7-1-3-9(15)11(5-7)18-12-4-2-8(14)10(6-16)17-12/h1-5H,6,16H2. The summed E-state index contributed by atoms with van der Waals surface area (Å²) in [5.41, 5.74) is 5.99. The van der Waals surface area contributed by atoms with Gasteiger partial charge in [-0.05, 0) is 24.3 Å². The molecule has 6 heteroatoms. The number of aromatic nitrogens is 1. The van der Waals surface area contributed by atoms with Crippen molar-refractivity contribution in [2.75, 3.05) is 0 Å². The Kier molecular flexibility index (Phi) is 4.16. The van der Waals surface area contributed by atoms with Crippen molar-refractivity contribution >= 4 is 27.5 Å². The maximum Gasteiger partial charge on any atom is 0.219 e. The fourth-order valence-electron chi connectivity index (χ4n) is 1.33. The first-order valence-electron chi connectivity index (χ1n) is 5.08. The fraction of sp³-hybridized carbons (Fsp3) is 0.0833. The number of benzene rings is 1. The van der Waals surface area contributed by atoms with E-state index in [0.717, 1.165) is 0 Å². The molecule has 0 aliphatic heterocycles. The molecule has 0 aliphatic rings. The van der Waals surface area contributed by atoms with Crippen LogP contribution in [0.4, 0.5) is 4.39 Å². The molecule has 0 radical (unpaired) electrons. The van der Waals surface area contributed by atoms with Gasteiger partial charge < -0.3 is 10.5 Å². The molecule has 0 unspecified atom stereocenters. The van der Waals surface area contributed by atoms with Crippen LogP contribution < -0.4 is 10.5 Å². The topological polar surface area (TPSA) is 48.1 Å². The zero-order valence-electron chi connectivity index (χ0n) is 9.16. The number of halogens is 3. The fourth-order valence-corrected chi connectivity index (χ4v) is 1.85. The van der Waals surface area contributed by atoms with Crippen LogP contribution in [0.1, 0.15) is 5.69 Å². The summed E-state index contributed by atoms with van der Waals surface area (Å²) in [7, 11) is 0. The lowest BCUT2D eigenvalue weighted by Gasteiger charge is -2.08. The van der Waals surface area contributed by atoms with Gasteiger partial charge in [0.15, 0.2) is 11.6 Å². The van der Waals surface area contributed by atoms with Gasteiger partial charge in [-0.15, -0.1) is 0 Å². The molecule has 18 heavy (non-hydrogen) atoms. The summed E-state index contributed by atoms with van der Waals surface area (Å²) < 4.78 is 19.6. The number of pyridine rings is 1. The molecule has 2 N–H and O–H groups in total. The highest BCUT2D eigenvalue weighted by Gasteiger charge is 2.08. The molecule has 0 atom stereocenters. The van der Waals surface area contributed by atoms with Crippen molar-refractivity contribution in [1.82, 2.24) is 4.98 Å². The van der Waals surface area contributed by atoms with E-state index in [4.69, 9.17) is 22.1 Å². The summed E-state index contributed by atoms with van der Waals surface area (Å²) in [6.07, 6.45) is 0. The van der Waals surface area contributed by atoms with Gasteiger partial charge in [-0.2, -0.15) is 0 Å². The number of nitrogens with zero attached hydrogens (tertiary/aromatic N) is 1. The SMILES string of the molecule is NCc1nc(Oc2cc(Br)ccc2F)ccc1Cl. The van der Waals surface area contributed by atoms with Gasteiger partial charge in [0.05, 0.1) is 10.7 Å². The normalized spacial score (nSPS) is 10.4. The molecule has 1 aromatic heterocycles. The maximum atomic E-state index is 13.5. The summed E-state index contributed by atoms with van der Waals surface area (Å²) in [6, 6.07) is 7.58. The van der Waals surface area contributed by atoms with Crippen LogP contribution in [-0.2, 0) is 6.54 Å². The highest BCUT2D eigenvalue weighted by molar-refractivity contribution is 9.10. The second kappa shape index (κ2) is 5.65. The van der Waals surface area contributed by atoms with E-state index in [-0.39, 0.29) is 18.2 Å². The van der Waals surface area contributed by atoms with Gasteiger partial charge in [0, 0.05) is 17.1 Å². The minimum Gasteiger partial charge on any atom is -0.436 e. The van der Waals surface area contributed by atoms with Crippen LogP contribution in [-0.4, -0.2) is 4.98 Å². The summed E-state index contributed by atoms with van der Waals surface area (Å²) in [5.74, 6) is -0.136. The van der Waals surface area contributed by atoms with Gasteiger partial charge in [0.25, 0.3) is 0 Å². The molecule has 94 valence electrons. The number of hydrogen-bond acceptors (Lipinski definition) is 3. The smallest absolute Gasteiger partial charge is 0.219 e. The quantitative estimate of drug-likeness (QED) is 0.928. The largest absolute Gasteiger partial charge is 0.436 e. The Hall–Kier alpha value is -1.17. The van der Waals surface area contributed by atoms with E-state index in [0.29, 0.717) is 15.2 Å². The number of ether oxygens (including phenoxy) is 1. The molecular formula is C12H9BrClFN2O. The predicted molar refractivity (Wildman–Crippen MR) is 71.3 cm³/mol. The Morgan fingerprint density at radius 3 is 2.83 bits per heavy atom. The van der Waals surface area contributed by atoms with Gasteiger partial charge >= 0.3 is 0 Å². The number of hydrogen-bond donors (Lipinski definition) is 1. The second-order valence-electron chi connectivity index (χ2n) is 3.46. The first kappa shape index (κ1) is 13.3. The average Bonchev–Trinajstić information content (AvgIpc) is 2.36. The van der Waals surface area contributed by atoms with E-state index < -0.39 is 5.82 Å². The highest BCUT2D eigenvalue weighted by Crippen LogP contribution is 2.27. The first-order chi connectivity index (χ1) is 8.60. The summed E-state index contributed by atoms with van der Waals surface area (Å²) in [5, 5.41) is 0.458. The first-order valence-corrected chi connectivity index (χ1v) is 6.25. The molecule has 0 aliphatic carbocycles. The molecule has 1 heterocycles. The van der Waals surface area contributed by atoms with Crippen LogP contribution >= 0.6 is 27.5 Å². The molecule has 0 bridgehead atoms. The molecule has 2 rings (SSSR count). The Bertz CT molecular complexity index is 580. The van der Waals surface area contributed by atoms with Gasteiger partial charge in [-0.25, -0.2) is 9.37 Å². The maximum absolute atomic E-state index is 13.5. The van der Waals surface area contributed by atoms with Gasteiger partial charge in [-0.1, -0.05) is 27.5 Å². The Labute approximate surface area is 117 Å². The van der Waals surface area contributed by atoms with Crippen molar-refractivity contribution in [1.29, 1.82) is 0 Å². The van der Waals surface area contributed by atoms with Crippen LogP contribution in [0.2, 0.25) is 5.02 Å². The lowest BCUT2D eigenvalue weighted by Crippen LogP contribution is -2.02. The third kappa shape index (κ3) is 2.98. The van der Waals surface area contributed by atoms with Crippen molar-refractivity contribution in [3.63, 3.8) is 0 Å². The molecule has 0 saturated carbocycles.